The average molecular weight is 419 g/mol. The van der Waals surface area contributed by atoms with Crippen molar-refractivity contribution in [2.24, 2.45) is 0 Å². The molecule has 0 aliphatic carbocycles. The number of aromatic carboxylic acids is 2. The molecule has 0 spiro atoms. The van der Waals surface area contributed by atoms with E-state index in [1.807, 2.05) is 4.98 Å². The number of ether oxygens (including phenoxy) is 1. The number of benzene rings is 1. The summed E-state index contributed by atoms with van der Waals surface area (Å²) in [5.41, 5.74) is 2.42. The Kier molecular flexibility index (Phi) is 5.07. The van der Waals surface area contributed by atoms with Crippen LogP contribution < -0.4 is 16.0 Å². The largest absolute Gasteiger partial charge is 0.478 e. The lowest BCUT2D eigenvalue weighted by Gasteiger charge is -2.13. The Morgan fingerprint density at radius 1 is 1.20 bits per heavy atom. The number of carboxylic acid groups (broad SMARTS) is 2. The van der Waals surface area contributed by atoms with Crippen LogP contribution in [0.4, 0.5) is 14.6 Å². The number of anilines is 1. The smallest absolute Gasteiger partial charge is 0.387 e. The fourth-order valence-corrected chi connectivity index (χ4v) is 2.66. The zero-order chi connectivity index (χ0) is 18.9. The van der Waals surface area contributed by atoms with Gasteiger partial charge in [-0.1, -0.05) is 6.07 Å². The zero-order valence-electron chi connectivity index (χ0n) is 12.0. The second-order valence-electron chi connectivity index (χ2n) is 4.63. The van der Waals surface area contributed by atoms with Crippen LogP contribution in [-0.4, -0.2) is 33.7 Å². The van der Waals surface area contributed by atoms with Gasteiger partial charge < -0.3 is 25.7 Å². The predicted molar refractivity (Wildman–Crippen MR) is 85.2 cm³/mol. The molecular weight excluding hydrogens is 410 g/mol. The van der Waals surface area contributed by atoms with Crippen molar-refractivity contribution < 1.29 is 33.3 Å². The Bertz CT molecular complexity index is 928. The summed E-state index contributed by atoms with van der Waals surface area (Å²) in [6.45, 7) is -3.10. The highest BCUT2D eigenvalue weighted by Gasteiger charge is 2.27. The van der Waals surface area contributed by atoms with E-state index in [2.05, 4.69) is 20.7 Å². The first-order valence-electron chi connectivity index (χ1n) is 6.40. The van der Waals surface area contributed by atoms with Gasteiger partial charge in [0, 0.05) is 5.56 Å². The number of halogens is 3. The molecule has 0 aliphatic rings. The van der Waals surface area contributed by atoms with E-state index in [4.69, 9.17) is 5.73 Å². The van der Waals surface area contributed by atoms with Gasteiger partial charge in [-0.05, 0) is 33.6 Å². The third kappa shape index (κ3) is 3.60. The van der Waals surface area contributed by atoms with Crippen LogP contribution in [0, 0.1) is 0 Å². The Morgan fingerprint density at radius 2 is 1.80 bits per heavy atom. The molecular formula is C14H9BrF2N2O6. The Hall–Kier alpha value is -2.95. The first-order valence-corrected chi connectivity index (χ1v) is 7.19. The highest BCUT2D eigenvalue weighted by Crippen LogP contribution is 2.35. The Balaban J connectivity index is 2.81. The second kappa shape index (κ2) is 6.89. The number of nitrogen functional groups attached to an aromatic ring is 1. The number of hydrogen-bond donors (Lipinski definition) is 4. The summed E-state index contributed by atoms with van der Waals surface area (Å²) >= 11 is 2.96. The Morgan fingerprint density at radius 3 is 2.28 bits per heavy atom. The maximum atomic E-state index is 12.3. The van der Waals surface area contributed by atoms with Crippen molar-refractivity contribution in [1.82, 2.24) is 4.98 Å². The summed E-state index contributed by atoms with van der Waals surface area (Å²) in [7, 11) is 0. The summed E-state index contributed by atoms with van der Waals surface area (Å²) in [4.78, 5) is 36.7. The molecule has 132 valence electrons. The van der Waals surface area contributed by atoms with Crippen molar-refractivity contribution in [3.8, 4) is 16.9 Å². The first-order chi connectivity index (χ1) is 11.6. The highest BCUT2D eigenvalue weighted by atomic mass is 79.9. The maximum absolute atomic E-state index is 12.3. The maximum Gasteiger partial charge on any atom is 0.387 e. The van der Waals surface area contributed by atoms with Gasteiger partial charge in [-0.2, -0.15) is 8.78 Å². The first kappa shape index (κ1) is 18.4. The SMILES string of the molecule is Nc1[nH]c(=O)c(C(=O)O)c(-c2ccc(OC(F)F)c(Br)c2)c1C(=O)O. The van der Waals surface area contributed by atoms with Crippen LogP contribution in [0.2, 0.25) is 0 Å². The molecule has 0 atom stereocenters. The molecule has 0 aliphatic heterocycles. The number of carboxylic acids is 2. The van der Waals surface area contributed by atoms with Crippen LogP contribution in [-0.2, 0) is 0 Å². The van der Waals surface area contributed by atoms with Crippen molar-refractivity contribution in [2.45, 2.75) is 6.61 Å². The fourth-order valence-electron chi connectivity index (χ4n) is 2.18. The fraction of sp³-hybridized carbons (Fsp3) is 0.0714. The minimum absolute atomic E-state index is 0.00293. The van der Waals surface area contributed by atoms with E-state index in [0.717, 1.165) is 18.2 Å². The normalized spacial score (nSPS) is 10.7. The van der Waals surface area contributed by atoms with Gasteiger partial charge >= 0.3 is 18.6 Å². The molecule has 1 aromatic heterocycles. The third-order valence-electron chi connectivity index (χ3n) is 3.11. The van der Waals surface area contributed by atoms with Crippen molar-refractivity contribution >= 4 is 33.7 Å². The Labute approximate surface area is 146 Å². The van der Waals surface area contributed by atoms with E-state index in [9.17, 15) is 33.4 Å². The summed E-state index contributed by atoms with van der Waals surface area (Å²) in [5.74, 6) is -4.05. The van der Waals surface area contributed by atoms with Gasteiger partial charge in [0.05, 0.1) is 4.47 Å². The van der Waals surface area contributed by atoms with E-state index in [1.165, 1.54) is 0 Å². The minimum Gasteiger partial charge on any atom is -0.478 e. The molecule has 0 saturated carbocycles. The van der Waals surface area contributed by atoms with Crippen LogP contribution in [0.3, 0.4) is 0 Å². The zero-order valence-corrected chi connectivity index (χ0v) is 13.6. The monoisotopic (exact) mass is 418 g/mol. The lowest BCUT2D eigenvalue weighted by Crippen LogP contribution is -2.24. The highest BCUT2D eigenvalue weighted by molar-refractivity contribution is 9.10. The number of pyridine rings is 1. The van der Waals surface area contributed by atoms with Crippen LogP contribution in [0.15, 0.2) is 27.5 Å². The number of aromatic nitrogens is 1. The van der Waals surface area contributed by atoms with Gasteiger partial charge in [0.1, 0.15) is 22.7 Å². The molecule has 25 heavy (non-hydrogen) atoms. The van der Waals surface area contributed by atoms with E-state index >= 15 is 0 Å². The van der Waals surface area contributed by atoms with Crippen LogP contribution >= 0.6 is 15.9 Å². The van der Waals surface area contributed by atoms with Gasteiger partial charge in [-0.3, -0.25) is 4.79 Å². The molecule has 0 saturated heterocycles. The molecule has 0 fully saturated rings. The number of hydrogen-bond acceptors (Lipinski definition) is 5. The number of carbonyl (C=O) groups is 2. The third-order valence-corrected chi connectivity index (χ3v) is 3.73. The topological polar surface area (TPSA) is 143 Å². The molecule has 1 aromatic carbocycles. The molecule has 1 heterocycles. The average Bonchev–Trinajstić information content (AvgIpc) is 2.47. The molecule has 0 unspecified atom stereocenters. The summed E-state index contributed by atoms with van der Waals surface area (Å²) in [6, 6.07) is 3.35. The van der Waals surface area contributed by atoms with Crippen molar-refractivity contribution in [1.29, 1.82) is 0 Å². The number of rotatable bonds is 5. The van der Waals surface area contributed by atoms with Gasteiger partial charge in [0.2, 0.25) is 0 Å². The van der Waals surface area contributed by atoms with Crippen LogP contribution in [0.5, 0.6) is 5.75 Å². The second-order valence-corrected chi connectivity index (χ2v) is 5.48. The van der Waals surface area contributed by atoms with Crippen LogP contribution in [0.25, 0.3) is 11.1 Å². The standard InChI is InChI=1S/C14H9BrF2N2O6/c15-5-3-4(1-2-6(5)25-14(16)17)7-8(12(21)22)10(18)19-11(20)9(7)13(23)24/h1-3,14H,(H,21,22)(H,23,24)(H3,18,19,20). The van der Waals surface area contributed by atoms with Gasteiger partial charge in [0.15, 0.2) is 0 Å². The summed E-state index contributed by atoms with van der Waals surface area (Å²) in [5, 5.41) is 18.6. The lowest BCUT2D eigenvalue weighted by molar-refractivity contribution is -0.0503. The molecule has 11 heteroatoms. The van der Waals surface area contributed by atoms with E-state index in [0.29, 0.717) is 0 Å². The van der Waals surface area contributed by atoms with E-state index in [1.54, 1.807) is 0 Å². The quantitative estimate of drug-likeness (QED) is 0.583. The van der Waals surface area contributed by atoms with E-state index < -0.39 is 46.6 Å². The predicted octanol–water partition coefficient (Wildman–Crippen LogP) is 2.38. The van der Waals surface area contributed by atoms with Crippen molar-refractivity contribution in [2.75, 3.05) is 5.73 Å². The minimum atomic E-state index is -3.10. The number of nitrogens with one attached hydrogen (secondary N) is 1. The number of aromatic amines is 1. The number of alkyl halides is 2. The number of H-pyrrole nitrogens is 1. The van der Waals surface area contributed by atoms with Crippen LogP contribution in [0.1, 0.15) is 20.7 Å². The molecule has 2 aromatic rings. The summed E-state index contributed by atoms with van der Waals surface area (Å²) in [6.07, 6.45) is 0. The lowest BCUT2D eigenvalue weighted by atomic mass is 9.95. The van der Waals surface area contributed by atoms with E-state index in [-0.39, 0.29) is 15.8 Å². The number of nitrogens with two attached hydrogens (primary N) is 1. The molecule has 8 nitrogen and oxygen atoms in total. The molecule has 5 N–H and O–H groups in total. The molecule has 2 rings (SSSR count). The molecule has 0 radical (unpaired) electrons. The molecule has 0 amide bonds. The van der Waals surface area contributed by atoms with Gasteiger partial charge in [0.25, 0.3) is 5.56 Å². The molecule has 0 bridgehead atoms. The van der Waals surface area contributed by atoms with Gasteiger partial charge in [-0.25, -0.2) is 9.59 Å². The summed E-state index contributed by atoms with van der Waals surface area (Å²) < 4.78 is 28.8. The van der Waals surface area contributed by atoms with Crippen molar-refractivity contribution in [3.05, 3.63) is 44.2 Å². The van der Waals surface area contributed by atoms with Crippen molar-refractivity contribution in [3.63, 3.8) is 0 Å². The van der Waals surface area contributed by atoms with Gasteiger partial charge in [-0.15, -0.1) is 0 Å².